The number of hydrogen-bond acceptors (Lipinski definition) is 16. The summed E-state index contributed by atoms with van der Waals surface area (Å²) in [6.07, 6.45) is 11.0. The average molecular weight is 1880 g/mol. The molecule has 0 saturated carbocycles. The van der Waals surface area contributed by atoms with Gasteiger partial charge in [-0.3, -0.25) is 14.2 Å². The third-order valence-electron chi connectivity index (χ3n) is 20.4. The first-order valence-corrected chi connectivity index (χ1v) is 38.0. The molecule has 4 aliphatic rings. The molecule has 0 amide bonds. The van der Waals surface area contributed by atoms with Crippen LogP contribution in [-0.2, 0) is 33.1 Å². The smallest absolute Gasteiger partial charge is 1.00 e. The Balaban J connectivity index is 0.000000363. The molecule has 5 aromatic carbocycles. The SMILES string of the molecule is C.C.C.CN(c1ccc2cc(Br)ccc2n1)C1CC(C)(C)NC(C)(C)C1.CNC1CC(C)(C)NC(C)(C)C1.Cc1cc(-c2ccc3nc(N(C)C4CC(C)(C)NC(C)(C)C4)ccc3c2)cc2cn(C)nc12.Cc1cc(B2OC(C)(C)C(C)(C)O2)cc2cn(C)nc12.Clc1ccc2cc(Br)ccc2n1.O=CO[O-].[Cs+].[Cs+].[H-]. The number of hydrogen-bond donors (Lipinski definition) is 4. The number of piperidine rings is 3. The summed E-state index contributed by atoms with van der Waals surface area (Å²) in [7, 11) is 10.0. The molecule has 4 fully saturated rings. The summed E-state index contributed by atoms with van der Waals surface area (Å²) in [6.45, 7) is 39.8. The van der Waals surface area contributed by atoms with Crippen molar-refractivity contribution in [3.8, 4) is 11.1 Å². The second-order valence-electron chi connectivity index (χ2n) is 33.9. The van der Waals surface area contributed by atoms with Gasteiger partial charge in [0.15, 0.2) is 0 Å². The summed E-state index contributed by atoms with van der Waals surface area (Å²) >= 11 is 12.6. The van der Waals surface area contributed by atoms with Gasteiger partial charge in [0.25, 0.3) is 6.47 Å². The van der Waals surface area contributed by atoms with Crippen molar-refractivity contribution in [2.24, 2.45) is 14.1 Å². The zero-order valence-corrected chi connectivity index (χ0v) is 83.9. The summed E-state index contributed by atoms with van der Waals surface area (Å²) in [4.78, 5) is 30.1. The van der Waals surface area contributed by atoms with Crippen LogP contribution in [0.25, 0.3) is 65.6 Å². The largest absolute Gasteiger partial charge is 1.00 e. The number of nitrogens with one attached hydrogen (secondary N) is 4. The van der Waals surface area contributed by atoms with Gasteiger partial charge < -0.3 is 51.9 Å². The number of pyridine rings is 3. The zero-order chi connectivity index (χ0) is 76.5. The Hall–Kier alpha value is -2.52. The van der Waals surface area contributed by atoms with Crippen molar-refractivity contribution < 1.29 is 163 Å². The van der Waals surface area contributed by atoms with E-state index < -0.39 is 0 Å². The molecule has 24 heteroatoms. The first-order valence-electron chi connectivity index (χ1n) is 36.0. The van der Waals surface area contributed by atoms with Gasteiger partial charge in [0.2, 0.25) is 0 Å². The summed E-state index contributed by atoms with van der Waals surface area (Å²) < 4.78 is 18.1. The maximum atomic E-state index is 8.64. The van der Waals surface area contributed by atoms with E-state index in [-0.39, 0.29) is 220 Å². The van der Waals surface area contributed by atoms with E-state index in [0.29, 0.717) is 23.3 Å². The molecule has 0 spiro atoms. The molecule has 0 unspecified atom stereocenters. The predicted molar refractivity (Wildman–Crippen MR) is 459 cm³/mol. The standard InChI is InChI=1S/C28H35N5.C19H26BrN3.C15H21BN2O2.C10H22N2.C9H5BrClN.CH2O3.3CH4.2Cs.H/c1-18-12-21(14-22-17-32(6)30-26(18)22)19-8-10-24-20(13-19)9-11-25(29-24)33(7)23-15-27(2,3)31-28(4,5)16-23;1-18(2)11-15(12-19(3,4)22-18)23(5)17-9-6-13-10-14(20)7-8-16(13)21-17;1-10-7-12(8-11-9-18(6)17-13(10)11)16-19-14(2,3)15(4,5)20-16;1-9(2)6-8(11-5)7-10(3,4)12-9;10-7-2-3-8-6(5-7)1-4-9(11)12-8;2-1-4-3;;;;;;/h8-14,17,23,31H,15-16H2,1-7H3;6-10,15,22H,11-12H2,1-5H3;7-9H,1-6H3;8,11-12H,6-7H2,1-5H3;1-5H;1,3H;3*1H4;;;/q;;;;;;;;;2*+1;-1/p-1. The molecule has 584 valence electrons. The van der Waals surface area contributed by atoms with Crippen molar-refractivity contribution in [2.75, 3.05) is 30.9 Å². The Morgan fingerprint density at radius 2 is 0.890 bits per heavy atom. The van der Waals surface area contributed by atoms with Gasteiger partial charge in [-0.1, -0.05) is 83.9 Å². The molecule has 14 rings (SSSR count). The Morgan fingerprint density at radius 1 is 0.532 bits per heavy atom. The van der Waals surface area contributed by atoms with E-state index in [0.717, 1.165) is 95.6 Å². The third kappa shape index (κ3) is 26.8. The molecule has 109 heavy (non-hydrogen) atoms. The van der Waals surface area contributed by atoms with E-state index >= 15 is 0 Å². The molecule has 0 radical (unpaired) electrons. The van der Waals surface area contributed by atoms with Crippen LogP contribution in [-0.4, -0.2) is 132 Å². The molecular formula is C85H123BBr2ClCs2N13O5. The van der Waals surface area contributed by atoms with Crippen molar-refractivity contribution in [2.45, 2.75) is 248 Å². The van der Waals surface area contributed by atoms with E-state index in [1.807, 2.05) is 53.9 Å². The van der Waals surface area contributed by atoms with Gasteiger partial charge in [0, 0.05) is 128 Å². The van der Waals surface area contributed by atoms with Gasteiger partial charge >= 0.3 is 145 Å². The van der Waals surface area contributed by atoms with Crippen LogP contribution in [0.5, 0.6) is 0 Å². The third-order valence-corrected chi connectivity index (χ3v) is 21.6. The fourth-order valence-electron chi connectivity index (χ4n) is 16.0. The fraction of sp³-hybridized carbons (Fsp3) is 0.506. The summed E-state index contributed by atoms with van der Waals surface area (Å²) in [5, 5.41) is 38.3. The van der Waals surface area contributed by atoms with E-state index in [1.54, 1.807) is 6.07 Å². The molecule has 0 aliphatic carbocycles. The predicted octanol–water partition coefficient (Wildman–Crippen LogP) is 12.4. The number of fused-ring (bicyclic) bond motifs is 5. The Bertz CT molecular complexity index is 4590. The monoisotopic (exact) mass is 1880 g/mol. The van der Waals surface area contributed by atoms with Crippen LogP contribution in [0.1, 0.15) is 184 Å². The van der Waals surface area contributed by atoms with Gasteiger partial charge in [-0.05, 0) is 295 Å². The molecule has 4 saturated heterocycles. The number of rotatable bonds is 8. The Labute approximate surface area is 793 Å². The van der Waals surface area contributed by atoms with E-state index in [1.165, 1.54) is 45.7 Å². The second-order valence-corrected chi connectivity index (χ2v) is 36.1. The minimum atomic E-state index is -0.316. The number of aromatic nitrogens is 7. The van der Waals surface area contributed by atoms with E-state index in [2.05, 4.69) is 320 Å². The zero-order valence-electron chi connectivity index (χ0n) is 68.5. The summed E-state index contributed by atoms with van der Waals surface area (Å²) in [5.41, 5.74) is 11.4. The topological polar surface area (TPSA) is 197 Å². The molecule has 10 aromatic rings. The minimum absolute atomic E-state index is 0. The minimum Gasteiger partial charge on any atom is -1.00 e. The molecule has 4 aliphatic heterocycles. The molecule has 0 bridgehead atoms. The van der Waals surface area contributed by atoms with Crippen LogP contribution in [0.3, 0.4) is 0 Å². The molecule has 9 heterocycles. The van der Waals surface area contributed by atoms with Crippen molar-refractivity contribution >= 4 is 129 Å². The first-order chi connectivity index (χ1) is 48.4. The van der Waals surface area contributed by atoms with Crippen LogP contribution in [0, 0.1) is 13.8 Å². The van der Waals surface area contributed by atoms with Crippen LogP contribution >= 0.6 is 43.5 Å². The number of nitrogens with zero attached hydrogens (tertiary/aromatic N) is 9. The van der Waals surface area contributed by atoms with Crippen molar-refractivity contribution in [1.29, 1.82) is 0 Å². The van der Waals surface area contributed by atoms with Gasteiger partial charge in [-0.2, -0.15) is 10.2 Å². The summed E-state index contributed by atoms with van der Waals surface area (Å²) in [6, 6.07) is 41.4. The van der Waals surface area contributed by atoms with Gasteiger partial charge in [-0.15, -0.1) is 0 Å². The van der Waals surface area contributed by atoms with Gasteiger partial charge in [-0.25, -0.2) is 15.0 Å². The molecule has 4 N–H and O–H groups in total. The van der Waals surface area contributed by atoms with Crippen LogP contribution < -0.4 is 180 Å². The number of benzene rings is 5. The van der Waals surface area contributed by atoms with Crippen molar-refractivity contribution in [1.82, 2.24) is 55.8 Å². The van der Waals surface area contributed by atoms with E-state index in [4.69, 9.17) is 40.9 Å². The maximum Gasteiger partial charge on any atom is 1.00 e. The number of aryl methyl sites for hydroxylation is 4. The van der Waals surface area contributed by atoms with Crippen molar-refractivity contribution in [3.63, 3.8) is 0 Å². The molecule has 0 atom stereocenters. The molecular weight excluding hydrogens is 1750 g/mol. The summed E-state index contributed by atoms with van der Waals surface area (Å²) in [5.74, 6) is 2.10. The van der Waals surface area contributed by atoms with Crippen LogP contribution in [0.2, 0.25) is 5.15 Å². The number of carbonyl (C=O) groups is 1. The van der Waals surface area contributed by atoms with Gasteiger partial charge in [0.05, 0.1) is 38.8 Å². The number of anilines is 2. The van der Waals surface area contributed by atoms with Crippen LogP contribution in [0.15, 0.2) is 137 Å². The molecule has 5 aromatic heterocycles. The maximum absolute atomic E-state index is 8.64. The average Bonchev–Trinajstić information content (AvgIpc) is 1.80. The Kier molecular flexibility index (Phi) is 36.3. The Morgan fingerprint density at radius 3 is 1.30 bits per heavy atom. The fourth-order valence-corrected chi connectivity index (χ4v) is 16.9. The number of carbonyl (C=O) groups excluding carboxylic acids is 1. The first kappa shape index (κ1) is 98.8. The molecule has 18 nitrogen and oxygen atoms in total. The van der Waals surface area contributed by atoms with Crippen molar-refractivity contribution in [3.05, 3.63) is 153 Å². The van der Waals surface area contributed by atoms with Gasteiger partial charge in [0.1, 0.15) is 16.8 Å². The van der Waals surface area contributed by atoms with Crippen LogP contribution in [0.4, 0.5) is 11.6 Å². The second kappa shape index (κ2) is 40.1. The normalized spacial score (nSPS) is 18.2. The number of halogens is 3. The van der Waals surface area contributed by atoms with E-state index in [9.17, 15) is 0 Å². The quantitative estimate of drug-likeness (QED) is 0.0368.